The van der Waals surface area contributed by atoms with Gasteiger partial charge in [0.25, 0.3) is 5.91 Å². The number of amidine groups is 1. The lowest BCUT2D eigenvalue weighted by atomic mass is 10.2. The summed E-state index contributed by atoms with van der Waals surface area (Å²) in [6.45, 7) is 0.377. The number of hydrogen-bond donors (Lipinski definition) is 1. The number of thioether (sulfide) groups is 1. The fraction of sp³-hybridized carbons (Fsp3) is 0.0435. The molecule has 0 atom stereocenters. The second-order valence-electron chi connectivity index (χ2n) is 6.42. The lowest BCUT2D eigenvalue weighted by molar-refractivity contribution is -0.115. The zero-order valence-corrected chi connectivity index (χ0v) is 18.0. The molecule has 1 N–H and O–H groups in total. The van der Waals surface area contributed by atoms with Gasteiger partial charge in [-0.25, -0.2) is 4.99 Å². The Balaban J connectivity index is 1.52. The van der Waals surface area contributed by atoms with E-state index in [1.807, 2.05) is 60.7 Å². The van der Waals surface area contributed by atoms with Gasteiger partial charge in [0, 0.05) is 15.6 Å². The van der Waals surface area contributed by atoms with Crippen LogP contribution in [-0.2, 0) is 11.4 Å². The van der Waals surface area contributed by atoms with Crippen LogP contribution in [0.15, 0.2) is 82.7 Å². The van der Waals surface area contributed by atoms with Gasteiger partial charge in [0.1, 0.15) is 12.4 Å². The van der Waals surface area contributed by atoms with Gasteiger partial charge in [-0.1, -0.05) is 59.6 Å². The van der Waals surface area contributed by atoms with Crippen molar-refractivity contribution in [1.29, 1.82) is 0 Å². The van der Waals surface area contributed by atoms with Crippen molar-refractivity contribution in [2.45, 2.75) is 6.61 Å². The Bertz CT molecular complexity index is 1160. The fourth-order valence-corrected chi connectivity index (χ4v) is 4.03. The number of hydrogen-bond acceptors (Lipinski definition) is 4. The van der Waals surface area contributed by atoms with Crippen LogP contribution in [0.25, 0.3) is 6.08 Å². The topological polar surface area (TPSA) is 50.7 Å². The molecule has 150 valence electrons. The van der Waals surface area contributed by atoms with Crippen molar-refractivity contribution in [3.63, 3.8) is 0 Å². The van der Waals surface area contributed by atoms with Crippen LogP contribution < -0.4 is 10.1 Å². The van der Waals surface area contributed by atoms with Gasteiger partial charge in [-0.05, 0) is 59.8 Å². The number of para-hydroxylation sites is 1. The van der Waals surface area contributed by atoms with Crippen LogP contribution in [0.1, 0.15) is 11.1 Å². The molecule has 1 fully saturated rings. The summed E-state index contributed by atoms with van der Waals surface area (Å²) in [6, 6.07) is 22.2. The molecule has 3 aromatic carbocycles. The Labute approximate surface area is 188 Å². The second kappa shape index (κ2) is 9.39. The van der Waals surface area contributed by atoms with Crippen molar-refractivity contribution in [2.75, 3.05) is 0 Å². The molecule has 0 unspecified atom stereocenters. The second-order valence-corrected chi connectivity index (χ2v) is 8.32. The Kier molecular flexibility index (Phi) is 6.43. The van der Waals surface area contributed by atoms with E-state index in [-0.39, 0.29) is 5.91 Å². The lowest BCUT2D eigenvalue weighted by Gasteiger charge is -2.09. The van der Waals surface area contributed by atoms with E-state index in [0.29, 0.717) is 38.2 Å². The number of halogens is 2. The molecular weight excluding hydrogens is 439 g/mol. The minimum absolute atomic E-state index is 0.203. The van der Waals surface area contributed by atoms with Gasteiger partial charge in [0.15, 0.2) is 5.17 Å². The summed E-state index contributed by atoms with van der Waals surface area (Å²) in [7, 11) is 0. The summed E-state index contributed by atoms with van der Waals surface area (Å²) in [5, 5.41) is 4.54. The van der Waals surface area contributed by atoms with Crippen molar-refractivity contribution in [3.05, 3.63) is 98.9 Å². The fourth-order valence-electron chi connectivity index (χ4n) is 2.80. The molecule has 0 saturated carbocycles. The van der Waals surface area contributed by atoms with E-state index < -0.39 is 0 Å². The van der Waals surface area contributed by atoms with Crippen LogP contribution in [-0.4, -0.2) is 11.1 Å². The Morgan fingerprint density at radius 2 is 1.73 bits per heavy atom. The predicted molar refractivity (Wildman–Crippen MR) is 124 cm³/mol. The molecule has 0 bridgehead atoms. The summed E-state index contributed by atoms with van der Waals surface area (Å²) in [5.74, 6) is 0.476. The minimum Gasteiger partial charge on any atom is -0.488 e. The van der Waals surface area contributed by atoms with Crippen LogP contribution >= 0.6 is 35.0 Å². The maximum absolute atomic E-state index is 12.4. The maximum atomic E-state index is 12.4. The number of nitrogens with one attached hydrogen (secondary N) is 1. The number of benzene rings is 3. The van der Waals surface area contributed by atoms with Crippen molar-refractivity contribution in [2.24, 2.45) is 4.99 Å². The highest BCUT2D eigenvalue weighted by Crippen LogP contribution is 2.31. The molecule has 1 aliphatic rings. The van der Waals surface area contributed by atoms with Crippen LogP contribution in [0.2, 0.25) is 10.0 Å². The van der Waals surface area contributed by atoms with Crippen LogP contribution in [0, 0.1) is 0 Å². The van der Waals surface area contributed by atoms with Gasteiger partial charge in [-0.15, -0.1) is 0 Å². The molecule has 7 heteroatoms. The molecule has 4 rings (SSSR count). The SMILES string of the molecule is O=C1NC(=Nc2cccc(Cl)c2)S/C1=C\c1ccccc1OCc1cccc(Cl)c1. The summed E-state index contributed by atoms with van der Waals surface area (Å²) >= 11 is 13.3. The molecule has 30 heavy (non-hydrogen) atoms. The highest BCUT2D eigenvalue weighted by molar-refractivity contribution is 8.18. The number of rotatable bonds is 5. The quantitative estimate of drug-likeness (QED) is 0.449. The average Bonchev–Trinajstić information content (AvgIpc) is 3.06. The number of aliphatic imine (C=N–C) groups is 1. The summed E-state index contributed by atoms with van der Waals surface area (Å²) < 4.78 is 5.97. The summed E-state index contributed by atoms with van der Waals surface area (Å²) in [5.41, 5.74) is 2.45. The first-order chi connectivity index (χ1) is 14.6. The zero-order valence-electron chi connectivity index (χ0n) is 15.6. The predicted octanol–water partition coefficient (Wildman–Crippen LogP) is 6.46. The molecule has 0 radical (unpaired) electrons. The first kappa shape index (κ1) is 20.5. The van der Waals surface area contributed by atoms with Crippen molar-refractivity contribution in [3.8, 4) is 5.75 Å². The van der Waals surface area contributed by atoms with E-state index in [9.17, 15) is 4.79 Å². The van der Waals surface area contributed by atoms with E-state index in [0.717, 1.165) is 11.1 Å². The molecule has 0 aromatic heterocycles. The third-order valence-electron chi connectivity index (χ3n) is 4.18. The standard InChI is InChI=1S/C23H16Cl2N2O2S/c24-17-7-3-5-15(11-17)14-29-20-10-2-1-6-16(20)12-21-22(28)27-23(30-21)26-19-9-4-8-18(25)13-19/h1-13H,14H2,(H,26,27,28)/b21-12-. The lowest BCUT2D eigenvalue weighted by Crippen LogP contribution is -2.19. The number of carbonyl (C=O) groups is 1. The Morgan fingerprint density at radius 1 is 0.967 bits per heavy atom. The van der Waals surface area contributed by atoms with Gasteiger partial charge in [0.2, 0.25) is 0 Å². The number of ether oxygens (including phenoxy) is 1. The number of nitrogens with zero attached hydrogens (tertiary/aromatic N) is 1. The highest BCUT2D eigenvalue weighted by Gasteiger charge is 2.24. The maximum Gasteiger partial charge on any atom is 0.264 e. The van der Waals surface area contributed by atoms with E-state index in [2.05, 4.69) is 10.3 Å². The molecule has 1 amide bonds. The molecule has 4 nitrogen and oxygen atoms in total. The molecule has 1 aliphatic heterocycles. The molecule has 0 aliphatic carbocycles. The minimum atomic E-state index is -0.203. The van der Waals surface area contributed by atoms with Crippen molar-refractivity contribution >= 4 is 57.8 Å². The first-order valence-electron chi connectivity index (χ1n) is 9.08. The largest absolute Gasteiger partial charge is 0.488 e. The molecule has 3 aromatic rings. The van der Waals surface area contributed by atoms with Crippen molar-refractivity contribution < 1.29 is 9.53 Å². The third kappa shape index (κ3) is 5.25. The van der Waals surface area contributed by atoms with E-state index in [1.165, 1.54) is 11.8 Å². The number of amides is 1. The molecule has 1 heterocycles. The van der Waals surface area contributed by atoms with Gasteiger partial charge in [0.05, 0.1) is 10.6 Å². The van der Waals surface area contributed by atoms with E-state index >= 15 is 0 Å². The van der Waals surface area contributed by atoms with E-state index in [1.54, 1.807) is 18.2 Å². The number of carbonyl (C=O) groups excluding carboxylic acids is 1. The summed E-state index contributed by atoms with van der Waals surface area (Å²) in [6.07, 6.45) is 1.80. The smallest absolute Gasteiger partial charge is 0.264 e. The van der Waals surface area contributed by atoms with Gasteiger partial charge in [-0.2, -0.15) is 0 Å². The van der Waals surface area contributed by atoms with E-state index in [4.69, 9.17) is 27.9 Å². The molecule has 0 spiro atoms. The normalized spacial score (nSPS) is 16.1. The van der Waals surface area contributed by atoms with Crippen LogP contribution in [0.4, 0.5) is 5.69 Å². The Morgan fingerprint density at radius 3 is 2.53 bits per heavy atom. The molecule has 1 saturated heterocycles. The first-order valence-corrected chi connectivity index (χ1v) is 10.7. The third-order valence-corrected chi connectivity index (χ3v) is 5.56. The molecular formula is C23H16Cl2N2O2S. The van der Waals surface area contributed by atoms with Gasteiger partial charge >= 0.3 is 0 Å². The van der Waals surface area contributed by atoms with Crippen molar-refractivity contribution in [1.82, 2.24) is 5.32 Å². The highest BCUT2D eigenvalue weighted by atomic mass is 35.5. The zero-order chi connectivity index (χ0) is 20.9. The van der Waals surface area contributed by atoms with Crippen LogP contribution in [0.3, 0.4) is 0 Å². The monoisotopic (exact) mass is 454 g/mol. The summed E-state index contributed by atoms with van der Waals surface area (Å²) in [4.78, 5) is 17.4. The van der Waals surface area contributed by atoms with Gasteiger partial charge < -0.3 is 10.1 Å². The van der Waals surface area contributed by atoms with Gasteiger partial charge in [-0.3, -0.25) is 4.79 Å². The van der Waals surface area contributed by atoms with Crippen LogP contribution in [0.5, 0.6) is 5.75 Å². The Hall–Kier alpha value is -2.73. The average molecular weight is 455 g/mol.